The Bertz CT molecular complexity index is 175. The van der Waals surface area contributed by atoms with Gasteiger partial charge < -0.3 is 14.8 Å². The van der Waals surface area contributed by atoms with Crippen LogP contribution in [0.15, 0.2) is 0 Å². The van der Waals surface area contributed by atoms with Gasteiger partial charge in [-0.15, -0.1) is 0 Å². The van der Waals surface area contributed by atoms with Crippen LogP contribution < -0.4 is 5.32 Å². The monoisotopic (exact) mass is 214 g/mol. The van der Waals surface area contributed by atoms with Crippen LogP contribution in [0.3, 0.4) is 0 Å². The van der Waals surface area contributed by atoms with Gasteiger partial charge in [0.2, 0.25) is 0 Å². The highest BCUT2D eigenvalue weighted by atomic mass is 16.6. The van der Waals surface area contributed by atoms with Gasteiger partial charge in [-0.1, -0.05) is 6.92 Å². The fourth-order valence-electron chi connectivity index (χ4n) is 2.11. The second-order valence-corrected chi connectivity index (χ2v) is 4.37. The number of piperazine rings is 1. The summed E-state index contributed by atoms with van der Waals surface area (Å²) < 4.78 is 11.5. The molecule has 2 saturated heterocycles. The summed E-state index contributed by atoms with van der Waals surface area (Å²) in [7, 11) is 0. The lowest BCUT2D eigenvalue weighted by Gasteiger charge is -2.34. The Morgan fingerprint density at radius 1 is 1.13 bits per heavy atom. The minimum absolute atomic E-state index is 0.283. The average molecular weight is 214 g/mol. The molecule has 0 aromatic rings. The van der Waals surface area contributed by atoms with E-state index in [9.17, 15) is 0 Å². The first-order chi connectivity index (χ1) is 7.38. The van der Waals surface area contributed by atoms with Crippen molar-refractivity contribution in [3.8, 4) is 0 Å². The summed E-state index contributed by atoms with van der Waals surface area (Å²) in [5, 5.41) is 3.35. The quantitative estimate of drug-likeness (QED) is 0.722. The normalized spacial score (nSPS) is 34.2. The van der Waals surface area contributed by atoms with Crippen LogP contribution in [0.4, 0.5) is 0 Å². The molecule has 0 unspecified atom stereocenters. The molecule has 2 aliphatic rings. The smallest absolute Gasteiger partial charge is 0.0936 e. The molecule has 2 heterocycles. The van der Waals surface area contributed by atoms with E-state index in [4.69, 9.17) is 9.47 Å². The van der Waals surface area contributed by atoms with Gasteiger partial charge in [0.25, 0.3) is 0 Å². The van der Waals surface area contributed by atoms with Crippen molar-refractivity contribution in [3.63, 3.8) is 0 Å². The van der Waals surface area contributed by atoms with Crippen LogP contribution >= 0.6 is 0 Å². The van der Waals surface area contributed by atoms with Gasteiger partial charge in [-0.05, 0) is 6.42 Å². The largest absolute Gasteiger partial charge is 0.373 e. The molecule has 4 nitrogen and oxygen atoms in total. The SMILES string of the molecule is CC[C@@H]1CO[C@@H](CN2CCNCC2)CO1. The van der Waals surface area contributed by atoms with Gasteiger partial charge in [-0.2, -0.15) is 0 Å². The predicted octanol–water partition coefficient (Wildman–Crippen LogP) is 0.0856. The first-order valence-electron chi connectivity index (χ1n) is 6.04. The molecular formula is C11H22N2O2. The molecule has 0 aromatic carbocycles. The van der Waals surface area contributed by atoms with E-state index in [0.29, 0.717) is 6.10 Å². The maximum atomic E-state index is 5.80. The van der Waals surface area contributed by atoms with Crippen LogP contribution in [0.2, 0.25) is 0 Å². The fourth-order valence-corrected chi connectivity index (χ4v) is 2.11. The topological polar surface area (TPSA) is 33.7 Å². The van der Waals surface area contributed by atoms with Crippen molar-refractivity contribution < 1.29 is 9.47 Å². The van der Waals surface area contributed by atoms with Gasteiger partial charge in [0.15, 0.2) is 0 Å². The Morgan fingerprint density at radius 2 is 1.80 bits per heavy atom. The van der Waals surface area contributed by atoms with Crippen LogP contribution in [0.1, 0.15) is 13.3 Å². The summed E-state index contributed by atoms with van der Waals surface area (Å²) in [5.41, 5.74) is 0. The molecule has 2 fully saturated rings. The number of hydrogen-bond donors (Lipinski definition) is 1. The van der Waals surface area contributed by atoms with Crippen molar-refractivity contribution in [2.75, 3.05) is 45.9 Å². The summed E-state index contributed by atoms with van der Waals surface area (Å²) in [5.74, 6) is 0. The highest BCUT2D eigenvalue weighted by molar-refractivity contribution is 4.74. The van der Waals surface area contributed by atoms with Crippen molar-refractivity contribution in [3.05, 3.63) is 0 Å². The molecule has 0 radical (unpaired) electrons. The van der Waals surface area contributed by atoms with Crippen LogP contribution in [0.5, 0.6) is 0 Å². The standard InChI is InChI=1S/C11H22N2O2/c1-2-10-8-15-11(9-14-10)7-13-5-3-12-4-6-13/h10-12H,2-9H2,1H3/t10-,11+/m1/s1. The molecule has 2 rings (SSSR count). The Balaban J connectivity index is 1.67. The maximum absolute atomic E-state index is 5.80. The summed E-state index contributed by atoms with van der Waals surface area (Å²) >= 11 is 0. The zero-order valence-electron chi connectivity index (χ0n) is 9.58. The van der Waals surface area contributed by atoms with Crippen LogP contribution in [-0.2, 0) is 9.47 Å². The number of nitrogens with one attached hydrogen (secondary N) is 1. The Kier molecular flexibility index (Phi) is 4.38. The molecule has 0 bridgehead atoms. The minimum atomic E-state index is 0.283. The van der Waals surface area contributed by atoms with E-state index in [1.54, 1.807) is 0 Å². The van der Waals surface area contributed by atoms with Gasteiger partial charge in [-0.3, -0.25) is 4.90 Å². The van der Waals surface area contributed by atoms with Crippen molar-refractivity contribution in [2.45, 2.75) is 25.6 Å². The molecule has 2 atom stereocenters. The van der Waals surface area contributed by atoms with Crippen molar-refractivity contribution >= 4 is 0 Å². The number of ether oxygens (including phenoxy) is 2. The van der Waals surface area contributed by atoms with E-state index in [2.05, 4.69) is 17.1 Å². The van der Waals surface area contributed by atoms with E-state index >= 15 is 0 Å². The van der Waals surface area contributed by atoms with E-state index in [1.807, 2.05) is 0 Å². The van der Waals surface area contributed by atoms with Gasteiger partial charge >= 0.3 is 0 Å². The van der Waals surface area contributed by atoms with Crippen molar-refractivity contribution in [1.82, 2.24) is 10.2 Å². The molecule has 88 valence electrons. The van der Waals surface area contributed by atoms with E-state index in [0.717, 1.165) is 52.4 Å². The van der Waals surface area contributed by atoms with E-state index in [-0.39, 0.29) is 6.10 Å². The average Bonchev–Trinajstić information content (AvgIpc) is 2.31. The first kappa shape index (κ1) is 11.3. The van der Waals surface area contributed by atoms with Crippen LogP contribution in [0, 0.1) is 0 Å². The Morgan fingerprint density at radius 3 is 2.40 bits per heavy atom. The Labute approximate surface area is 91.9 Å². The maximum Gasteiger partial charge on any atom is 0.0936 e. The third-order valence-electron chi connectivity index (χ3n) is 3.16. The lowest BCUT2D eigenvalue weighted by Crippen LogP contribution is -2.49. The number of hydrogen-bond acceptors (Lipinski definition) is 4. The summed E-state index contributed by atoms with van der Waals surface area (Å²) in [4.78, 5) is 2.46. The minimum Gasteiger partial charge on any atom is -0.373 e. The number of rotatable bonds is 3. The van der Waals surface area contributed by atoms with Gasteiger partial charge in [-0.25, -0.2) is 0 Å². The third kappa shape index (κ3) is 3.41. The molecule has 0 spiro atoms. The molecule has 2 aliphatic heterocycles. The zero-order valence-corrected chi connectivity index (χ0v) is 9.58. The highest BCUT2D eigenvalue weighted by Crippen LogP contribution is 2.11. The summed E-state index contributed by atoms with van der Waals surface area (Å²) in [6.45, 7) is 9.18. The van der Waals surface area contributed by atoms with Crippen molar-refractivity contribution in [1.29, 1.82) is 0 Å². The van der Waals surface area contributed by atoms with Gasteiger partial charge in [0.1, 0.15) is 0 Å². The second-order valence-electron chi connectivity index (χ2n) is 4.37. The second kappa shape index (κ2) is 5.80. The predicted molar refractivity (Wildman–Crippen MR) is 59.1 cm³/mol. The third-order valence-corrected chi connectivity index (χ3v) is 3.16. The van der Waals surface area contributed by atoms with Crippen LogP contribution in [-0.4, -0.2) is 63.0 Å². The first-order valence-corrected chi connectivity index (χ1v) is 6.04. The Hall–Kier alpha value is -0.160. The molecule has 0 saturated carbocycles. The molecule has 4 heteroatoms. The van der Waals surface area contributed by atoms with Gasteiger partial charge in [0.05, 0.1) is 25.4 Å². The number of nitrogens with zero attached hydrogens (tertiary/aromatic N) is 1. The molecule has 15 heavy (non-hydrogen) atoms. The molecular weight excluding hydrogens is 192 g/mol. The fraction of sp³-hybridized carbons (Fsp3) is 1.00. The molecule has 0 aromatic heterocycles. The zero-order chi connectivity index (χ0) is 10.5. The molecule has 1 N–H and O–H groups in total. The van der Waals surface area contributed by atoms with E-state index < -0.39 is 0 Å². The molecule has 0 amide bonds. The van der Waals surface area contributed by atoms with E-state index in [1.165, 1.54) is 0 Å². The molecule has 0 aliphatic carbocycles. The lowest BCUT2D eigenvalue weighted by atomic mass is 10.2. The summed E-state index contributed by atoms with van der Waals surface area (Å²) in [6.07, 6.45) is 1.66. The van der Waals surface area contributed by atoms with Gasteiger partial charge in [0, 0.05) is 32.7 Å². The lowest BCUT2D eigenvalue weighted by molar-refractivity contribution is -0.140. The highest BCUT2D eigenvalue weighted by Gasteiger charge is 2.23. The van der Waals surface area contributed by atoms with Crippen molar-refractivity contribution in [2.24, 2.45) is 0 Å². The summed E-state index contributed by atoms with van der Waals surface area (Å²) in [6, 6.07) is 0. The van der Waals surface area contributed by atoms with Crippen LogP contribution in [0.25, 0.3) is 0 Å².